The first-order valence-corrected chi connectivity index (χ1v) is 9.42. The van der Waals surface area contributed by atoms with Gasteiger partial charge in [0.25, 0.3) is 0 Å². The number of nitrogens with one attached hydrogen (secondary N) is 1. The Hall–Kier alpha value is -2.01. The second-order valence-electron chi connectivity index (χ2n) is 6.38. The summed E-state index contributed by atoms with van der Waals surface area (Å²) in [4.78, 5) is 7.15. The van der Waals surface area contributed by atoms with Crippen molar-refractivity contribution in [1.82, 2.24) is 10.2 Å². The molecule has 0 atom stereocenters. The number of nitrogens with zero attached hydrogens (tertiary/aromatic N) is 2. The number of ether oxygens (including phenoxy) is 1. The van der Waals surface area contributed by atoms with Gasteiger partial charge in [0.05, 0.1) is 6.10 Å². The molecule has 1 saturated heterocycles. The van der Waals surface area contributed by atoms with Crippen molar-refractivity contribution in [1.29, 1.82) is 0 Å². The molecule has 2 aromatic rings. The molecular weight excluding hydrogens is 314 g/mol. The highest BCUT2D eigenvalue weighted by Crippen LogP contribution is 2.19. The lowest BCUT2D eigenvalue weighted by Gasteiger charge is -2.34. The number of rotatable bonds is 6. The maximum atomic E-state index is 5.88. The molecule has 5 heteroatoms. The number of aliphatic imine (C=N–C) groups is 1. The van der Waals surface area contributed by atoms with Crippen LogP contribution in [0.1, 0.15) is 32.4 Å². The molecule has 25 heavy (non-hydrogen) atoms. The molecule has 0 spiro atoms. The van der Waals surface area contributed by atoms with Gasteiger partial charge in [0.15, 0.2) is 5.96 Å². The third-order valence-corrected chi connectivity index (χ3v) is 4.58. The summed E-state index contributed by atoms with van der Waals surface area (Å²) in [5, 5.41) is 4.58. The summed E-state index contributed by atoms with van der Waals surface area (Å²) < 4.78 is 11.6. The zero-order chi connectivity index (χ0) is 17.5. The van der Waals surface area contributed by atoms with Crippen molar-refractivity contribution in [2.45, 2.75) is 39.2 Å². The van der Waals surface area contributed by atoms with Crippen LogP contribution in [0, 0.1) is 0 Å². The molecule has 1 aromatic carbocycles. The fraction of sp³-hybridized carbons (Fsp3) is 0.550. The molecule has 136 valence electrons. The lowest BCUT2D eigenvalue weighted by atomic mass is 10.1. The highest BCUT2D eigenvalue weighted by Gasteiger charge is 2.21. The fourth-order valence-electron chi connectivity index (χ4n) is 3.33. The average molecular weight is 343 g/mol. The Morgan fingerprint density at radius 2 is 2.08 bits per heavy atom. The minimum absolute atomic E-state index is 0.402. The highest BCUT2D eigenvalue weighted by atomic mass is 16.5. The first-order chi connectivity index (χ1) is 12.3. The summed E-state index contributed by atoms with van der Waals surface area (Å²) >= 11 is 0. The van der Waals surface area contributed by atoms with Crippen molar-refractivity contribution in [2.75, 3.05) is 32.8 Å². The number of para-hydroxylation sites is 1. The third-order valence-electron chi connectivity index (χ3n) is 4.58. The van der Waals surface area contributed by atoms with Crippen molar-refractivity contribution >= 4 is 16.9 Å². The molecule has 1 aromatic heterocycles. The lowest BCUT2D eigenvalue weighted by Crippen LogP contribution is -2.47. The molecule has 0 aliphatic carbocycles. The molecule has 0 radical (unpaired) electrons. The standard InChI is InChI=1S/C20H29N3O2/c1-3-21-20(23-13-10-17(11-14-23)24-4-2)22-12-9-18-15-16-7-5-6-8-19(16)25-18/h5-8,15,17H,3-4,9-14H2,1-2H3,(H,21,22). The smallest absolute Gasteiger partial charge is 0.193 e. The van der Waals surface area contributed by atoms with Crippen LogP contribution in [0.15, 0.2) is 39.7 Å². The van der Waals surface area contributed by atoms with Crippen LogP contribution < -0.4 is 5.32 Å². The van der Waals surface area contributed by atoms with Gasteiger partial charge < -0.3 is 19.4 Å². The normalized spacial score (nSPS) is 16.6. The van der Waals surface area contributed by atoms with Gasteiger partial charge in [-0.1, -0.05) is 18.2 Å². The molecular formula is C20H29N3O2. The molecule has 3 rings (SSSR count). The summed E-state index contributed by atoms with van der Waals surface area (Å²) in [5.74, 6) is 2.00. The van der Waals surface area contributed by atoms with E-state index in [4.69, 9.17) is 14.1 Å². The monoisotopic (exact) mass is 343 g/mol. The number of furan rings is 1. The summed E-state index contributed by atoms with van der Waals surface area (Å²) in [6, 6.07) is 10.2. The Balaban J connectivity index is 1.56. The maximum absolute atomic E-state index is 5.88. The van der Waals surface area contributed by atoms with Gasteiger partial charge in [0.2, 0.25) is 0 Å². The molecule has 0 saturated carbocycles. The SMILES string of the molecule is CCNC(=NCCc1cc2ccccc2o1)N1CCC(OCC)CC1. The Bertz CT molecular complexity index is 654. The van der Waals surface area contributed by atoms with Crippen LogP contribution in [-0.2, 0) is 11.2 Å². The number of guanidine groups is 1. The zero-order valence-electron chi connectivity index (χ0n) is 15.3. The van der Waals surface area contributed by atoms with E-state index < -0.39 is 0 Å². The molecule has 0 amide bonds. The topological polar surface area (TPSA) is 50.0 Å². The third kappa shape index (κ3) is 4.75. The van der Waals surface area contributed by atoms with Crippen LogP contribution in [0.25, 0.3) is 11.0 Å². The molecule has 1 aliphatic rings. The van der Waals surface area contributed by atoms with Gasteiger partial charge in [-0.3, -0.25) is 4.99 Å². The number of fused-ring (bicyclic) bond motifs is 1. The van der Waals surface area contributed by atoms with Crippen LogP contribution in [0.4, 0.5) is 0 Å². The second-order valence-corrected chi connectivity index (χ2v) is 6.38. The van der Waals surface area contributed by atoms with Crippen LogP contribution in [0.5, 0.6) is 0 Å². The van der Waals surface area contributed by atoms with Gasteiger partial charge in [-0.05, 0) is 38.8 Å². The summed E-state index contributed by atoms with van der Waals surface area (Å²) in [5.41, 5.74) is 0.950. The number of hydrogen-bond donors (Lipinski definition) is 1. The van der Waals surface area contributed by atoms with E-state index in [-0.39, 0.29) is 0 Å². The fourth-order valence-corrected chi connectivity index (χ4v) is 3.33. The van der Waals surface area contributed by atoms with E-state index in [0.717, 1.165) is 74.7 Å². The van der Waals surface area contributed by atoms with Crippen LogP contribution in [0.2, 0.25) is 0 Å². The van der Waals surface area contributed by atoms with Gasteiger partial charge in [0.1, 0.15) is 11.3 Å². The van der Waals surface area contributed by atoms with E-state index in [1.54, 1.807) is 0 Å². The number of likely N-dealkylation sites (tertiary alicyclic amines) is 1. The van der Waals surface area contributed by atoms with E-state index in [0.29, 0.717) is 6.10 Å². The van der Waals surface area contributed by atoms with E-state index >= 15 is 0 Å². The van der Waals surface area contributed by atoms with Crippen LogP contribution >= 0.6 is 0 Å². The predicted octanol–water partition coefficient (Wildman–Crippen LogP) is 3.44. The molecule has 1 N–H and O–H groups in total. The minimum Gasteiger partial charge on any atom is -0.461 e. The largest absolute Gasteiger partial charge is 0.461 e. The number of benzene rings is 1. The predicted molar refractivity (Wildman–Crippen MR) is 102 cm³/mol. The first-order valence-electron chi connectivity index (χ1n) is 9.42. The van der Waals surface area contributed by atoms with Gasteiger partial charge in [-0.2, -0.15) is 0 Å². The average Bonchev–Trinajstić information content (AvgIpc) is 3.05. The Kier molecular flexibility index (Phi) is 6.34. The van der Waals surface area contributed by atoms with Gasteiger partial charge in [-0.25, -0.2) is 0 Å². The van der Waals surface area contributed by atoms with Crippen LogP contribution in [-0.4, -0.2) is 49.7 Å². The van der Waals surface area contributed by atoms with E-state index in [9.17, 15) is 0 Å². The highest BCUT2D eigenvalue weighted by molar-refractivity contribution is 5.80. The second kappa shape index (κ2) is 8.90. The van der Waals surface area contributed by atoms with Gasteiger partial charge in [0, 0.05) is 44.6 Å². The van der Waals surface area contributed by atoms with Gasteiger partial charge >= 0.3 is 0 Å². The van der Waals surface area contributed by atoms with Crippen molar-refractivity contribution in [3.05, 3.63) is 36.1 Å². The van der Waals surface area contributed by atoms with E-state index in [1.807, 2.05) is 18.2 Å². The van der Waals surface area contributed by atoms with E-state index in [2.05, 4.69) is 36.2 Å². The van der Waals surface area contributed by atoms with Crippen molar-refractivity contribution in [2.24, 2.45) is 4.99 Å². The van der Waals surface area contributed by atoms with Crippen molar-refractivity contribution in [3.8, 4) is 0 Å². The number of piperidine rings is 1. The van der Waals surface area contributed by atoms with Crippen molar-refractivity contribution < 1.29 is 9.15 Å². The molecule has 2 heterocycles. The first kappa shape index (κ1) is 17.8. The molecule has 0 unspecified atom stereocenters. The van der Waals surface area contributed by atoms with Crippen molar-refractivity contribution in [3.63, 3.8) is 0 Å². The quantitative estimate of drug-likeness (QED) is 0.645. The molecule has 1 fully saturated rings. The molecule has 1 aliphatic heterocycles. The van der Waals surface area contributed by atoms with Crippen LogP contribution in [0.3, 0.4) is 0 Å². The summed E-state index contributed by atoms with van der Waals surface area (Å²) in [6.07, 6.45) is 3.36. The van der Waals surface area contributed by atoms with Gasteiger partial charge in [-0.15, -0.1) is 0 Å². The Morgan fingerprint density at radius 3 is 2.80 bits per heavy atom. The molecule has 5 nitrogen and oxygen atoms in total. The minimum atomic E-state index is 0.402. The summed E-state index contributed by atoms with van der Waals surface area (Å²) in [6.45, 7) is 8.60. The Labute approximate surface area is 150 Å². The van der Waals surface area contributed by atoms with E-state index in [1.165, 1.54) is 0 Å². The zero-order valence-corrected chi connectivity index (χ0v) is 15.3. The number of hydrogen-bond acceptors (Lipinski definition) is 3. The summed E-state index contributed by atoms with van der Waals surface area (Å²) in [7, 11) is 0. The Morgan fingerprint density at radius 1 is 1.28 bits per heavy atom. The maximum Gasteiger partial charge on any atom is 0.193 e. The molecule has 0 bridgehead atoms. The lowest BCUT2D eigenvalue weighted by molar-refractivity contribution is 0.0264.